The minimum absolute atomic E-state index is 0.148. The predicted molar refractivity (Wildman–Crippen MR) is 99.6 cm³/mol. The molecule has 1 aromatic heterocycles. The topological polar surface area (TPSA) is 31.4 Å². The van der Waals surface area contributed by atoms with Crippen LogP contribution in [0, 0.1) is 0 Å². The average molecular weight is 472 g/mol. The van der Waals surface area contributed by atoms with E-state index in [0.29, 0.717) is 30.5 Å². The Kier molecular flexibility index (Phi) is 6.50. The molecule has 2 atom stereocenters. The highest BCUT2D eigenvalue weighted by atomic mass is 35.5. The molecule has 30 heavy (non-hydrogen) atoms. The molecule has 0 saturated carbocycles. The number of pyridine rings is 1. The Morgan fingerprint density at radius 2 is 1.93 bits per heavy atom. The minimum Gasteiger partial charge on any atom is -0.406 e. The minimum atomic E-state index is -4.79. The normalized spacial score (nSPS) is 22.7. The van der Waals surface area contributed by atoms with E-state index in [9.17, 15) is 26.3 Å². The van der Waals surface area contributed by atoms with E-state index in [1.807, 2.05) is 6.92 Å². The Morgan fingerprint density at radius 1 is 1.20 bits per heavy atom. The van der Waals surface area contributed by atoms with E-state index in [1.165, 1.54) is 30.0 Å². The number of alkyl halides is 6. The molecule has 0 radical (unpaired) electrons. The summed E-state index contributed by atoms with van der Waals surface area (Å²) < 4.78 is 85.0. The molecule has 1 aromatic carbocycles. The lowest BCUT2D eigenvalue weighted by molar-refractivity contribution is -0.274. The molecule has 1 saturated heterocycles. The molecular formula is C19H16ClF6NO2S. The number of rotatable bonds is 4. The molecule has 1 aliphatic heterocycles. The first-order chi connectivity index (χ1) is 13.8. The van der Waals surface area contributed by atoms with Crippen LogP contribution in [0.5, 0.6) is 5.75 Å². The molecule has 0 amide bonds. The summed E-state index contributed by atoms with van der Waals surface area (Å²) in [7, 11) is 0. The first kappa shape index (κ1) is 23.0. The number of benzene rings is 1. The van der Waals surface area contributed by atoms with Crippen molar-refractivity contribution < 1.29 is 35.8 Å². The van der Waals surface area contributed by atoms with Gasteiger partial charge in [0, 0.05) is 22.4 Å². The third-order valence-corrected chi connectivity index (χ3v) is 6.13. The van der Waals surface area contributed by atoms with Crippen LogP contribution in [0.2, 0.25) is 5.02 Å². The summed E-state index contributed by atoms with van der Waals surface area (Å²) in [5.41, 5.74) is -0.754. The van der Waals surface area contributed by atoms with Crippen LogP contribution in [0.15, 0.2) is 41.4 Å². The average Bonchev–Trinajstić information content (AvgIpc) is 2.59. The highest BCUT2D eigenvalue weighted by Gasteiger charge is 2.38. The van der Waals surface area contributed by atoms with Crippen molar-refractivity contribution in [3.63, 3.8) is 0 Å². The van der Waals surface area contributed by atoms with Gasteiger partial charge in [0.2, 0.25) is 0 Å². The Hall–Kier alpha value is -1.65. The molecule has 164 valence electrons. The van der Waals surface area contributed by atoms with Gasteiger partial charge in [-0.2, -0.15) is 13.2 Å². The van der Waals surface area contributed by atoms with Gasteiger partial charge >= 0.3 is 12.5 Å². The Labute approximate surface area is 177 Å². The van der Waals surface area contributed by atoms with Gasteiger partial charge in [-0.1, -0.05) is 17.7 Å². The highest BCUT2D eigenvalue weighted by Crippen LogP contribution is 2.47. The van der Waals surface area contributed by atoms with Crippen LogP contribution < -0.4 is 4.74 Å². The van der Waals surface area contributed by atoms with Crippen LogP contribution >= 0.6 is 23.4 Å². The van der Waals surface area contributed by atoms with E-state index in [2.05, 4.69) is 9.72 Å². The molecule has 11 heteroatoms. The summed E-state index contributed by atoms with van der Waals surface area (Å²) in [5, 5.41) is -0.148. The molecule has 0 spiro atoms. The van der Waals surface area contributed by atoms with E-state index >= 15 is 0 Å². The van der Waals surface area contributed by atoms with Gasteiger partial charge in [-0.15, -0.1) is 24.9 Å². The number of hydrogen-bond acceptors (Lipinski definition) is 4. The van der Waals surface area contributed by atoms with Crippen molar-refractivity contribution in [2.24, 2.45) is 0 Å². The number of hydrogen-bond donors (Lipinski definition) is 0. The quantitative estimate of drug-likeness (QED) is 0.447. The van der Waals surface area contributed by atoms with Crippen LogP contribution in [-0.4, -0.2) is 22.7 Å². The van der Waals surface area contributed by atoms with Crippen LogP contribution in [0.1, 0.15) is 37.1 Å². The molecule has 3 rings (SSSR count). The zero-order valence-corrected chi connectivity index (χ0v) is 17.1. The summed E-state index contributed by atoms with van der Waals surface area (Å²) in [6, 6.07) is 6.42. The van der Waals surface area contributed by atoms with Gasteiger partial charge in [-0.3, -0.25) is 4.98 Å². The third-order valence-electron chi connectivity index (χ3n) is 4.47. The van der Waals surface area contributed by atoms with Gasteiger partial charge in [-0.05, 0) is 44.0 Å². The maximum Gasteiger partial charge on any atom is 0.573 e. The van der Waals surface area contributed by atoms with Crippen molar-refractivity contribution in [3.05, 3.63) is 52.8 Å². The molecule has 2 unspecified atom stereocenters. The van der Waals surface area contributed by atoms with Gasteiger partial charge < -0.3 is 9.47 Å². The number of ether oxygens (including phenoxy) is 2. The van der Waals surface area contributed by atoms with Crippen molar-refractivity contribution in [1.82, 2.24) is 4.98 Å². The Bertz CT molecular complexity index is 907. The number of thioether (sulfide) groups is 1. The second-order valence-corrected chi connectivity index (χ2v) is 9.05. The summed E-state index contributed by atoms with van der Waals surface area (Å²) in [5.74, 6) is -0.327. The second kappa shape index (κ2) is 8.47. The fraction of sp³-hybridized carbons (Fsp3) is 0.421. The van der Waals surface area contributed by atoms with E-state index in [1.54, 1.807) is 6.07 Å². The zero-order valence-electron chi connectivity index (χ0n) is 15.5. The lowest BCUT2D eigenvalue weighted by atomic mass is 9.94. The van der Waals surface area contributed by atoms with E-state index in [0.717, 1.165) is 6.07 Å². The van der Waals surface area contributed by atoms with Gasteiger partial charge in [0.15, 0.2) is 0 Å². The molecule has 2 heterocycles. The summed E-state index contributed by atoms with van der Waals surface area (Å²) >= 11 is 7.37. The van der Waals surface area contributed by atoms with Gasteiger partial charge in [-0.25, -0.2) is 0 Å². The van der Waals surface area contributed by atoms with Gasteiger partial charge in [0.05, 0.1) is 16.3 Å². The molecule has 3 nitrogen and oxygen atoms in total. The Balaban J connectivity index is 1.76. The number of nitrogens with zero attached hydrogens (tertiary/aromatic N) is 1. The second-order valence-electron chi connectivity index (χ2n) is 6.98. The fourth-order valence-electron chi connectivity index (χ4n) is 3.10. The molecule has 1 aliphatic rings. The maximum absolute atomic E-state index is 12.8. The van der Waals surface area contributed by atoms with E-state index in [-0.39, 0.29) is 16.5 Å². The van der Waals surface area contributed by atoms with E-state index < -0.39 is 29.0 Å². The lowest BCUT2D eigenvalue weighted by Gasteiger charge is -2.37. The monoisotopic (exact) mass is 471 g/mol. The lowest BCUT2D eigenvalue weighted by Crippen LogP contribution is -2.32. The van der Waals surface area contributed by atoms with Crippen molar-refractivity contribution in [2.75, 3.05) is 6.61 Å². The van der Waals surface area contributed by atoms with Crippen molar-refractivity contribution >= 4 is 23.4 Å². The van der Waals surface area contributed by atoms with Crippen LogP contribution in [0.3, 0.4) is 0 Å². The van der Waals surface area contributed by atoms with Gasteiger partial charge in [0.1, 0.15) is 11.9 Å². The standard InChI is InChI=1S/C19H16ClF6NO2S/c1-17(30-13-4-2-3-12(8-13)29-19(24,25)26)5-6-28-15(9-17)16-14(20)7-11(10-27-16)18(21,22)23/h2-4,7-8,10,15H,5-6,9H2,1H3. The van der Waals surface area contributed by atoms with Crippen LogP contribution in [0.25, 0.3) is 0 Å². The largest absolute Gasteiger partial charge is 0.573 e. The zero-order chi connectivity index (χ0) is 22.2. The van der Waals surface area contributed by atoms with Crippen LogP contribution in [-0.2, 0) is 10.9 Å². The van der Waals surface area contributed by atoms with Crippen LogP contribution in [0.4, 0.5) is 26.3 Å². The van der Waals surface area contributed by atoms with Gasteiger partial charge in [0.25, 0.3) is 0 Å². The maximum atomic E-state index is 12.8. The first-order valence-corrected chi connectivity index (χ1v) is 9.93. The van der Waals surface area contributed by atoms with Crippen molar-refractivity contribution in [2.45, 2.75) is 48.1 Å². The number of halogens is 7. The molecular weight excluding hydrogens is 456 g/mol. The number of aromatic nitrogens is 1. The molecule has 0 bridgehead atoms. The molecule has 1 fully saturated rings. The summed E-state index contributed by atoms with van der Waals surface area (Å²) in [6.07, 6.45) is -8.34. The molecule has 0 aliphatic carbocycles. The first-order valence-electron chi connectivity index (χ1n) is 8.74. The molecule has 0 N–H and O–H groups in total. The predicted octanol–water partition coefficient (Wildman–Crippen LogP) is 7.05. The van der Waals surface area contributed by atoms with Crippen molar-refractivity contribution in [3.8, 4) is 5.75 Å². The van der Waals surface area contributed by atoms with Crippen molar-refractivity contribution in [1.29, 1.82) is 0 Å². The smallest absolute Gasteiger partial charge is 0.406 e. The summed E-state index contributed by atoms with van der Waals surface area (Å²) in [6.45, 7) is 2.20. The molecule has 2 aromatic rings. The van der Waals surface area contributed by atoms with E-state index in [4.69, 9.17) is 16.3 Å². The fourth-order valence-corrected chi connectivity index (χ4v) is 4.70. The summed E-state index contributed by atoms with van der Waals surface area (Å²) in [4.78, 5) is 4.43. The Morgan fingerprint density at radius 3 is 2.57 bits per heavy atom. The third kappa shape index (κ3) is 5.95. The highest BCUT2D eigenvalue weighted by molar-refractivity contribution is 8.00. The SMILES string of the molecule is CC1(Sc2cccc(OC(F)(F)F)c2)CCOC(c2ncc(C(F)(F)F)cc2Cl)C1.